The Morgan fingerprint density at radius 3 is 1.05 bits per heavy atom. The fourth-order valence-corrected chi connectivity index (χ4v) is 15.0. The number of rotatable bonds is 15. The van der Waals surface area contributed by atoms with Gasteiger partial charge in [0.1, 0.15) is 46.0 Å². The molecule has 10 heteroatoms. The number of hydrogen-bond acceptors (Lipinski definition) is 8. The second kappa shape index (κ2) is 22.8. The van der Waals surface area contributed by atoms with Gasteiger partial charge in [-0.2, -0.15) is 0 Å². The molecule has 14 rings (SSSR count). The average Bonchev–Trinajstić information content (AvgIpc) is 0.665. The number of fused-ring (bicyclic) bond motifs is 6. The van der Waals surface area contributed by atoms with Gasteiger partial charge in [-0.1, -0.05) is 213 Å². The van der Waals surface area contributed by atoms with Crippen molar-refractivity contribution in [2.24, 2.45) is 0 Å². The average molecular weight is 1230 g/mol. The van der Waals surface area contributed by atoms with E-state index in [9.17, 15) is 0 Å². The minimum Gasteiger partial charge on any atom is -0.456 e. The third-order valence-electron chi connectivity index (χ3n) is 19.5. The zero-order valence-corrected chi connectivity index (χ0v) is 55.7. The van der Waals surface area contributed by atoms with Crippen molar-refractivity contribution >= 4 is 78.1 Å². The summed E-state index contributed by atoms with van der Waals surface area (Å²) in [5.74, 6) is 0.700. The highest BCUT2D eigenvalue weighted by Crippen LogP contribution is 2.62. The van der Waals surface area contributed by atoms with Gasteiger partial charge in [-0.25, -0.2) is 9.80 Å². The van der Waals surface area contributed by atoms with Crippen LogP contribution in [0.5, 0.6) is 46.0 Å². The summed E-state index contributed by atoms with van der Waals surface area (Å²) in [7, 11) is 0. The highest BCUT2D eigenvalue weighted by atomic mass is 16.5. The molecule has 0 fully saturated rings. The first-order valence-electron chi connectivity index (χ1n) is 33.1. The largest absolute Gasteiger partial charge is 0.456 e. The number of ether oxygens (including phenoxy) is 4. The molecule has 1 unspecified atom stereocenters. The van der Waals surface area contributed by atoms with E-state index in [0.717, 1.165) is 44.5 Å². The van der Waals surface area contributed by atoms with Crippen LogP contribution in [0.1, 0.15) is 243 Å². The van der Waals surface area contributed by atoms with Crippen LogP contribution in [0.15, 0.2) is 152 Å². The Labute approximate surface area is 544 Å². The summed E-state index contributed by atoms with van der Waals surface area (Å²) in [6, 6.07) is 49.2. The summed E-state index contributed by atoms with van der Waals surface area (Å²) >= 11 is 0. The Morgan fingerprint density at radius 2 is 0.656 bits per heavy atom. The van der Waals surface area contributed by atoms with Gasteiger partial charge in [0.2, 0.25) is 0 Å². The number of benzene rings is 11. The van der Waals surface area contributed by atoms with Gasteiger partial charge in [0.15, 0.2) is 0 Å². The van der Waals surface area contributed by atoms with Crippen LogP contribution in [-0.2, 0) is 0 Å². The fourth-order valence-electron chi connectivity index (χ4n) is 15.0. The zero-order chi connectivity index (χ0) is 65.5. The molecule has 3 aliphatic rings. The summed E-state index contributed by atoms with van der Waals surface area (Å²) in [5.41, 5.74) is 9.80. The van der Waals surface area contributed by atoms with Gasteiger partial charge in [-0.15, -0.1) is 0 Å². The lowest BCUT2D eigenvalue weighted by Crippen LogP contribution is -2.43. The first-order valence-corrected chi connectivity index (χ1v) is 33.1. The SMILES string of the molecule is CC(C)c1ccccc1Oc1cc2c3c(cc(Oc4ccccc4C(C)C)c4c5c6c(c7c8c(cc(Oc9ccccc9C(C)C)c(c1c34)c85)C(=O)N(c1c(C(C)C)cccc1C(C)C)C7=O)C(C)c1ccccc1O6)C(=O)N(c1c(C(C)C)cccc1C(C)C)C2=O. The number of anilines is 2. The quantitative estimate of drug-likeness (QED) is 0.0567. The molecule has 0 saturated heterocycles. The normalized spacial score (nSPS) is 14.7. The topological polar surface area (TPSA) is 112 Å². The van der Waals surface area contributed by atoms with Crippen LogP contribution in [0.3, 0.4) is 0 Å². The predicted octanol–water partition coefficient (Wildman–Crippen LogP) is 22.8. The minimum absolute atomic E-state index is 0.000372. The van der Waals surface area contributed by atoms with Crippen LogP contribution in [-0.4, -0.2) is 23.6 Å². The number of carbonyl (C=O) groups is 4. The van der Waals surface area contributed by atoms with E-state index in [1.165, 1.54) is 9.80 Å². The van der Waals surface area contributed by atoms with Crippen LogP contribution >= 0.6 is 0 Å². The molecule has 11 aromatic rings. The smallest absolute Gasteiger partial charge is 0.266 e. The molecule has 11 aromatic carbocycles. The molecule has 0 aliphatic carbocycles. The van der Waals surface area contributed by atoms with Gasteiger partial charge >= 0.3 is 0 Å². The molecule has 93 heavy (non-hydrogen) atoms. The fraction of sp³-hybridized carbons (Fsp3) is 0.277. The Bertz CT molecular complexity index is 4910. The first kappa shape index (κ1) is 60.7. The van der Waals surface area contributed by atoms with Gasteiger partial charge in [0.05, 0.1) is 33.6 Å². The van der Waals surface area contributed by atoms with Gasteiger partial charge < -0.3 is 18.9 Å². The summed E-state index contributed by atoms with van der Waals surface area (Å²) in [6.45, 7) is 31.5. The Morgan fingerprint density at radius 1 is 0.333 bits per heavy atom. The standard InChI is InChI=1S/C83H78N2O8/c1-41(2)49-26-16-20-34-60(49)90-64-38-57-68-58(81(87)84(80(57)86)77-52(44(7)8)30-24-31-53(77)45(9)10)39-66(92-62-36-22-18-28-51(62)43(5)6)72-73(68)70(64)71-65(91-61-35-21-17-27-50(61)42(3)4)40-59-69-74(71)75(72)79-67(48(15)56-29-19-23-37-63(56)93-79)76(69)83(89)85(82(59)88)78-54(46(11)12)32-25-33-55(78)47(13)14/h16-48H,1-15H3. The molecule has 0 radical (unpaired) electrons. The van der Waals surface area contributed by atoms with E-state index in [1.807, 2.05) is 146 Å². The van der Waals surface area contributed by atoms with Crippen LogP contribution in [0.25, 0.3) is 43.1 Å². The van der Waals surface area contributed by atoms with E-state index in [0.29, 0.717) is 100 Å². The lowest BCUT2D eigenvalue weighted by atomic mass is 9.75. The summed E-state index contributed by atoms with van der Waals surface area (Å²) in [5, 5.41) is 3.76. The van der Waals surface area contributed by atoms with Crippen molar-refractivity contribution in [3.63, 3.8) is 0 Å². The molecule has 3 aliphatic heterocycles. The first-order chi connectivity index (χ1) is 44.6. The molecule has 0 aromatic heterocycles. The number of hydrogen-bond donors (Lipinski definition) is 0. The molecule has 0 spiro atoms. The van der Waals surface area contributed by atoms with E-state index in [2.05, 4.69) is 104 Å². The Kier molecular flexibility index (Phi) is 14.9. The van der Waals surface area contributed by atoms with Crippen molar-refractivity contribution in [3.05, 3.63) is 224 Å². The maximum absolute atomic E-state index is 16.9. The van der Waals surface area contributed by atoms with Crippen LogP contribution in [0, 0.1) is 0 Å². The third-order valence-corrected chi connectivity index (χ3v) is 19.5. The van der Waals surface area contributed by atoms with Gasteiger partial charge in [-0.05, 0) is 123 Å². The van der Waals surface area contributed by atoms with E-state index in [4.69, 9.17) is 18.9 Å². The predicted molar refractivity (Wildman–Crippen MR) is 375 cm³/mol. The lowest BCUT2D eigenvalue weighted by Gasteiger charge is -2.37. The van der Waals surface area contributed by atoms with Gasteiger partial charge in [-0.3, -0.25) is 19.2 Å². The molecular formula is C83H78N2O8. The number of imide groups is 2. The molecule has 0 bridgehead atoms. The molecular weight excluding hydrogens is 1150 g/mol. The molecule has 4 amide bonds. The highest BCUT2D eigenvalue weighted by molar-refractivity contribution is 6.48. The highest BCUT2D eigenvalue weighted by Gasteiger charge is 2.47. The second-order valence-electron chi connectivity index (χ2n) is 27.7. The van der Waals surface area contributed by atoms with Crippen molar-refractivity contribution in [1.29, 1.82) is 0 Å². The Hall–Kier alpha value is -9.80. The third kappa shape index (κ3) is 9.32. The Balaban J connectivity index is 1.26. The minimum atomic E-state index is -0.515. The van der Waals surface area contributed by atoms with E-state index < -0.39 is 29.5 Å². The summed E-state index contributed by atoms with van der Waals surface area (Å²) in [6.07, 6.45) is 0. The van der Waals surface area contributed by atoms with Gasteiger partial charge in [0, 0.05) is 60.1 Å². The van der Waals surface area contributed by atoms with E-state index in [-0.39, 0.29) is 69.6 Å². The van der Waals surface area contributed by atoms with Crippen molar-refractivity contribution < 1.29 is 38.1 Å². The number of amides is 4. The van der Waals surface area contributed by atoms with Crippen molar-refractivity contribution in [2.45, 2.75) is 151 Å². The monoisotopic (exact) mass is 1230 g/mol. The van der Waals surface area contributed by atoms with Crippen LogP contribution < -0.4 is 28.7 Å². The second-order valence-corrected chi connectivity index (χ2v) is 27.7. The maximum Gasteiger partial charge on any atom is 0.266 e. The molecule has 468 valence electrons. The summed E-state index contributed by atoms with van der Waals surface area (Å²) in [4.78, 5) is 69.7. The molecule has 1 atom stereocenters. The number of carbonyl (C=O) groups excluding carboxylic acids is 4. The van der Waals surface area contributed by atoms with Crippen molar-refractivity contribution in [2.75, 3.05) is 9.80 Å². The molecule has 0 N–H and O–H groups in total. The van der Waals surface area contributed by atoms with E-state index in [1.54, 1.807) is 6.07 Å². The number of para-hydroxylation sites is 6. The molecule has 0 saturated carbocycles. The van der Waals surface area contributed by atoms with Gasteiger partial charge in [0.25, 0.3) is 23.6 Å². The zero-order valence-electron chi connectivity index (χ0n) is 55.7. The maximum atomic E-state index is 16.9. The van der Waals surface area contributed by atoms with Crippen LogP contribution in [0.2, 0.25) is 0 Å². The van der Waals surface area contributed by atoms with Crippen molar-refractivity contribution in [3.8, 4) is 46.0 Å². The summed E-state index contributed by atoms with van der Waals surface area (Å²) < 4.78 is 30.4. The van der Waals surface area contributed by atoms with Crippen LogP contribution in [0.4, 0.5) is 11.4 Å². The lowest BCUT2D eigenvalue weighted by molar-refractivity contribution is 0.0876. The van der Waals surface area contributed by atoms with Crippen molar-refractivity contribution in [1.82, 2.24) is 0 Å². The molecule has 10 nitrogen and oxygen atoms in total. The van der Waals surface area contributed by atoms with E-state index >= 15 is 19.2 Å². The molecule has 3 heterocycles. The number of nitrogens with zero attached hydrogens (tertiary/aromatic N) is 2.